The molecule has 0 aliphatic carbocycles. The van der Waals surface area contributed by atoms with Crippen molar-refractivity contribution >= 4 is 45.8 Å². The van der Waals surface area contributed by atoms with Gasteiger partial charge >= 0.3 is 5.63 Å². The number of carbonyl (C=O) groups is 1. The largest absolute Gasteiger partial charge is 0.422 e. The van der Waals surface area contributed by atoms with Gasteiger partial charge in [0.15, 0.2) is 0 Å². The molecule has 27 heavy (non-hydrogen) atoms. The summed E-state index contributed by atoms with van der Waals surface area (Å²) in [4.78, 5) is 28.9. The Hall–Kier alpha value is -2.50. The fourth-order valence-electron chi connectivity index (χ4n) is 3.23. The highest BCUT2D eigenvalue weighted by Gasteiger charge is 2.25. The molecule has 1 saturated heterocycles. The fourth-order valence-corrected chi connectivity index (χ4v) is 3.54. The Kier molecular flexibility index (Phi) is 4.81. The van der Waals surface area contributed by atoms with Crippen LogP contribution in [0.15, 0.2) is 57.7 Å². The number of amides is 1. The van der Waals surface area contributed by atoms with E-state index >= 15 is 0 Å². The number of rotatable bonds is 2. The average Bonchev–Trinajstić information content (AvgIpc) is 2.68. The second-order valence-corrected chi connectivity index (χ2v) is 7.26. The van der Waals surface area contributed by atoms with Crippen LogP contribution in [0.1, 0.15) is 10.4 Å². The predicted molar refractivity (Wildman–Crippen MR) is 107 cm³/mol. The van der Waals surface area contributed by atoms with Gasteiger partial charge in [0.2, 0.25) is 0 Å². The monoisotopic (exact) mass is 402 g/mol. The van der Waals surface area contributed by atoms with Crippen LogP contribution in [0.3, 0.4) is 0 Å². The zero-order valence-corrected chi connectivity index (χ0v) is 15.8. The second-order valence-electron chi connectivity index (χ2n) is 6.39. The smallest absolute Gasteiger partial charge is 0.349 e. The summed E-state index contributed by atoms with van der Waals surface area (Å²) in [6, 6.07) is 14.1. The molecular weight excluding hydrogens is 387 g/mol. The average molecular weight is 403 g/mol. The Morgan fingerprint density at radius 3 is 2.26 bits per heavy atom. The van der Waals surface area contributed by atoms with Crippen molar-refractivity contribution in [3.8, 4) is 0 Å². The number of piperazine rings is 1. The van der Waals surface area contributed by atoms with E-state index in [2.05, 4.69) is 4.90 Å². The molecule has 5 nitrogen and oxygen atoms in total. The van der Waals surface area contributed by atoms with Gasteiger partial charge < -0.3 is 14.2 Å². The Balaban J connectivity index is 1.52. The first-order chi connectivity index (χ1) is 13.0. The Morgan fingerprint density at radius 2 is 1.56 bits per heavy atom. The first-order valence-corrected chi connectivity index (χ1v) is 9.30. The normalized spacial score (nSPS) is 14.6. The van der Waals surface area contributed by atoms with Gasteiger partial charge in [-0.05, 0) is 48.5 Å². The molecule has 1 aliphatic heterocycles. The van der Waals surface area contributed by atoms with Crippen LogP contribution in [0.2, 0.25) is 10.0 Å². The molecule has 2 heterocycles. The van der Waals surface area contributed by atoms with Gasteiger partial charge in [0.1, 0.15) is 11.1 Å². The molecule has 1 aromatic heterocycles. The summed E-state index contributed by atoms with van der Waals surface area (Å²) in [5.41, 5.74) is 0.875. The first kappa shape index (κ1) is 17.9. The third-order valence-corrected chi connectivity index (χ3v) is 5.17. The minimum Gasteiger partial charge on any atom is -0.422 e. The van der Waals surface area contributed by atoms with Gasteiger partial charge in [0, 0.05) is 47.3 Å². The number of fused-ring (bicyclic) bond motifs is 1. The molecule has 0 spiro atoms. The lowest BCUT2D eigenvalue weighted by atomic mass is 10.1. The molecule has 0 saturated carbocycles. The summed E-state index contributed by atoms with van der Waals surface area (Å²) in [6.07, 6.45) is 0. The van der Waals surface area contributed by atoms with Crippen molar-refractivity contribution in [3.05, 3.63) is 74.6 Å². The van der Waals surface area contributed by atoms with Crippen LogP contribution in [0.25, 0.3) is 11.0 Å². The van der Waals surface area contributed by atoms with Crippen molar-refractivity contribution in [1.82, 2.24) is 4.90 Å². The van der Waals surface area contributed by atoms with E-state index in [1.54, 1.807) is 29.2 Å². The van der Waals surface area contributed by atoms with Crippen molar-refractivity contribution in [2.24, 2.45) is 0 Å². The van der Waals surface area contributed by atoms with Crippen LogP contribution in [0.5, 0.6) is 0 Å². The Labute approximate surface area is 165 Å². The molecule has 0 N–H and O–H groups in total. The lowest BCUT2D eigenvalue weighted by Crippen LogP contribution is -2.49. The minimum absolute atomic E-state index is 0.0321. The van der Waals surface area contributed by atoms with Crippen LogP contribution < -0.4 is 10.5 Å². The Morgan fingerprint density at radius 1 is 0.889 bits per heavy atom. The highest BCUT2D eigenvalue weighted by molar-refractivity contribution is 6.31. The maximum Gasteiger partial charge on any atom is 0.349 e. The van der Waals surface area contributed by atoms with Crippen molar-refractivity contribution in [2.45, 2.75) is 0 Å². The molecule has 0 atom stereocenters. The lowest BCUT2D eigenvalue weighted by molar-refractivity contribution is 0.0742. The van der Waals surface area contributed by atoms with Gasteiger partial charge in [0.25, 0.3) is 5.91 Å². The molecule has 7 heteroatoms. The van der Waals surface area contributed by atoms with Crippen molar-refractivity contribution in [2.75, 3.05) is 31.1 Å². The van der Waals surface area contributed by atoms with Crippen LogP contribution in [0.4, 0.5) is 5.69 Å². The van der Waals surface area contributed by atoms with Gasteiger partial charge in [-0.1, -0.05) is 23.2 Å². The molecule has 0 bridgehead atoms. The number of halogens is 2. The van der Waals surface area contributed by atoms with Crippen molar-refractivity contribution in [1.29, 1.82) is 0 Å². The van der Waals surface area contributed by atoms with Gasteiger partial charge in [0.05, 0.1) is 0 Å². The van der Waals surface area contributed by atoms with E-state index in [0.717, 1.165) is 5.69 Å². The Bertz CT molecular complexity index is 1060. The zero-order valence-electron chi connectivity index (χ0n) is 14.3. The highest BCUT2D eigenvalue weighted by atomic mass is 35.5. The quantitative estimate of drug-likeness (QED) is 0.606. The van der Waals surface area contributed by atoms with Crippen LogP contribution in [-0.2, 0) is 0 Å². The highest BCUT2D eigenvalue weighted by Crippen LogP contribution is 2.21. The van der Waals surface area contributed by atoms with E-state index in [1.165, 1.54) is 0 Å². The van der Waals surface area contributed by atoms with Gasteiger partial charge in [-0.3, -0.25) is 4.79 Å². The summed E-state index contributed by atoms with van der Waals surface area (Å²) in [7, 11) is 0. The number of anilines is 1. The SMILES string of the molecule is O=C(c1cc2cc(Cl)ccc2oc1=O)N1CCN(c2ccc(Cl)cc2)CC1. The van der Waals surface area contributed by atoms with E-state index in [9.17, 15) is 9.59 Å². The summed E-state index contributed by atoms with van der Waals surface area (Å²) in [5, 5.41) is 1.84. The maximum atomic E-state index is 12.8. The molecule has 0 radical (unpaired) electrons. The third kappa shape index (κ3) is 3.66. The van der Waals surface area contributed by atoms with Gasteiger partial charge in [-0.15, -0.1) is 0 Å². The standard InChI is InChI=1S/C20H16Cl2N2O3/c21-14-1-4-16(5-2-14)23-7-9-24(10-8-23)19(25)17-12-13-11-15(22)3-6-18(13)27-20(17)26/h1-6,11-12H,7-10H2. The zero-order chi connectivity index (χ0) is 19.0. The van der Waals surface area contributed by atoms with Crippen LogP contribution in [-0.4, -0.2) is 37.0 Å². The molecule has 2 aromatic carbocycles. The molecule has 0 unspecified atom stereocenters. The van der Waals surface area contributed by atoms with E-state index in [1.807, 2.05) is 24.3 Å². The minimum atomic E-state index is -0.630. The topological polar surface area (TPSA) is 53.8 Å². The lowest BCUT2D eigenvalue weighted by Gasteiger charge is -2.36. The van der Waals surface area contributed by atoms with E-state index in [4.69, 9.17) is 27.6 Å². The van der Waals surface area contributed by atoms with E-state index in [-0.39, 0.29) is 11.5 Å². The molecule has 1 aliphatic rings. The summed E-state index contributed by atoms with van der Waals surface area (Å²) in [6.45, 7) is 2.40. The number of hydrogen-bond donors (Lipinski definition) is 0. The van der Waals surface area contributed by atoms with Crippen molar-refractivity contribution < 1.29 is 9.21 Å². The molecule has 138 valence electrons. The molecule has 4 rings (SSSR count). The van der Waals surface area contributed by atoms with E-state index < -0.39 is 5.63 Å². The molecule has 1 fully saturated rings. The van der Waals surface area contributed by atoms with Gasteiger partial charge in [-0.25, -0.2) is 4.79 Å². The summed E-state index contributed by atoms with van der Waals surface area (Å²) >= 11 is 11.9. The summed E-state index contributed by atoms with van der Waals surface area (Å²) in [5.74, 6) is -0.318. The molecule has 1 amide bonds. The van der Waals surface area contributed by atoms with Crippen LogP contribution in [0, 0.1) is 0 Å². The molecular formula is C20H16Cl2N2O3. The number of nitrogens with zero attached hydrogens (tertiary/aromatic N) is 2. The fraction of sp³-hybridized carbons (Fsp3) is 0.200. The number of benzene rings is 2. The van der Waals surface area contributed by atoms with Crippen molar-refractivity contribution in [3.63, 3.8) is 0 Å². The first-order valence-electron chi connectivity index (χ1n) is 8.54. The summed E-state index contributed by atoms with van der Waals surface area (Å²) < 4.78 is 5.28. The maximum absolute atomic E-state index is 12.8. The number of hydrogen-bond acceptors (Lipinski definition) is 4. The second kappa shape index (κ2) is 7.25. The van der Waals surface area contributed by atoms with E-state index in [0.29, 0.717) is 47.2 Å². The predicted octanol–water partition coefficient (Wildman–Crippen LogP) is 4.06. The third-order valence-electron chi connectivity index (χ3n) is 4.68. The molecule has 3 aromatic rings. The van der Waals surface area contributed by atoms with Gasteiger partial charge in [-0.2, -0.15) is 0 Å². The van der Waals surface area contributed by atoms with Crippen LogP contribution >= 0.6 is 23.2 Å². The number of carbonyl (C=O) groups excluding carboxylic acids is 1.